The number of hydrogen-bond donors (Lipinski definition) is 2. The first-order valence-corrected chi connectivity index (χ1v) is 8.63. The van der Waals surface area contributed by atoms with Gasteiger partial charge >= 0.3 is 0 Å². The van der Waals surface area contributed by atoms with Gasteiger partial charge < -0.3 is 10.6 Å². The van der Waals surface area contributed by atoms with Gasteiger partial charge in [0.1, 0.15) is 18.0 Å². The Balaban J connectivity index is 1.60. The first kappa shape index (κ1) is 16.5. The first-order chi connectivity index (χ1) is 11.7. The van der Waals surface area contributed by atoms with Gasteiger partial charge in [-0.3, -0.25) is 0 Å². The van der Waals surface area contributed by atoms with Gasteiger partial charge in [0.05, 0.1) is 0 Å². The Labute approximate surface area is 150 Å². The predicted octanol–water partition coefficient (Wildman–Crippen LogP) is 4.95. The van der Waals surface area contributed by atoms with E-state index in [1.54, 1.807) is 6.33 Å². The van der Waals surface area contributed by atoms with E-state index < -0.39 is 0 Å². The van der Waals surface area contributed by atoms with Crippen molar-refractivity contribution < 1.29 is 0 Å². The molecule has 0 spiro atoms. The third kappa shape index (κ3) is 4.55. The fourth-order valence-corrected chi connectivity index (χ4v) is 2.62. The molecule has 5 heteroatoms. The lowest BCUT2D eigenvalue weighted by Crippen LogP contribution is -2.07. The summed E-state index contributed by atoms with van der Waals surface area (Å²) in [7, 11) is 0. The number of aryl methyl sites for hydroxylation is 1. The molecular formula is C19H19BrN4. The molecule has 0 fully saturated rings. The van der Waals surface area contributed by atoms with Crippen LogP contribution < -0.4 is 10.6 Å². The van der Waals surface area contributed by atoms with Crippen molar-refractivity contribution in [2.75, 3.05) is 17.2 Å². The maximum Gasteiger partial charge on any atom is 0.135 e. The molecule has 122 valence electrons. The fraction of sp³-hybridized carbons (Fsp3) is 0.158. The maximum absolute atomic E-state index is 4.28. The van der Waals surface area contributed by atoms with Crippen LogP contribution >= 0.6 is 15.9 Å². The molecule has 0 aliphatic carbocycles. The molecule has 1 heterocycles. The summed E-state index contributed by atoms with van der Waals surface area (Å²) in [6, 6.07) is 18.4. The van der Waals surface area contributed by atoms with Crippen molar-refractivity contribution in [1.29, 1.82) is 0 Å². The molecule has 2 aromatic carbocycles. The molecule has 0 saturated carbocycles. The van der Waals surface area contributed by atoms with Crippen LogP contribution in [0.4, 0.5) is 17.3 Å². The molecule has 3 aromatic rings. The lowest BCUT2D eigenvalue weighted by Gasteiger charge is -2.10. The molecule has 1 aromatic heterocycles. The van der Waals surface area contributed by atoms with E-state index >= 15 is 0 Å². The van der Waals surface area contributed by atoms with E-state index in [-0.39, 0.29) is 0 Å². The first-order valence-electron chi connectivity index (χ1n) is 7.84. The zero-order valence-corrected chi connectivity index (χ0v) is 15.0. The molecule has 3 rings (SSSR count). The molecule has 24 heavy (non-hydrogen) atoms. The van der Waals surface area contributed by atoms with E-state index in [9.17, 15) is 0 Å². The Morgan fingerprint density at radius 1 is 0.958 bits per heavy atom. The topological polar surface area (TPSA) is 49.8 Å². The number of nitrogens with zero attached hydrogens (tertiary/aromatic N) is 2. The molecule has 0 aliphatic rings. The number of anilines is 3. The molecule has 0 unspecified atom stereocenters. The van der Waals surface area contributed by atoms with Crippen molar-refractivity contribution in [3.63, 3.8) is 0 Å². The average Bonchev–Trinajstić information content (AvgIpc) is 2.60. The number of halogens is 1. The summed E-state index contributed by atoms with van der Waals surface area (Å²) >= 11 is 3.51. The van der Waals surface area contributed by atoms with Crippen molar-refractivity contribution in [3.8, 4) is 0 Å². The largest absolute Gasteiger partial charge is 0.370 e. The Bertz CT molecular complexity index is 805. The molecule has 0 saturated heterocycles. The van der Waals surface area contributed by atoms with Gasteiger partial charge in [-0.1, -0.05) is 46.3 Å². The van der Waals surface area contributed by atoms with Gasteiger partial charge in [0.2, 0.25) is 0 Å². The number of benzene rings is 2. The van der Waals surface area contributed by atoms with Crippen molar-refractivity contribution in [2.24, 2.45) is 0 Å². The summed E-state index contributed by atoms with van der Waals surface area (Å²) in [6.07, 6.45) is 2.53. The van der Waals surface area contributed by atoms with E-state index in [0.717, 1.165) is 34.8 Å². The summed E-state index contributed by atoms with van der Waals surface area (Å²) in [5.74, 6) is 1.59. The minimum Gasteiger partial charge on any atom is -0.370 e. The summed E-state index contributed by atoms with van der Waals surface area (Å²) in [5.41, 5.74) is 3.49. The summed E-state index contributed by atoms with van der Waals surface area (Å²) < 4.78 is 1.10. The number of nitrogens with one attached hydrogen (secondary N) is 2. The van der Waals surface area contributed by atoms with Gasteiger partial charge in [0.25, 0.3) is 0 Å². The van der Waals surface area contributed by atoms with Gasteiger partial charge in [0.15, 0.2) is 0 Å². The average molecular weight is 383 g/mol. The second-order valence-corrected chi connectivity index (χ2v) is 6.39. The normalized spacial score (nSPS) is 10.4. The van der Waals surface area contributed by atoms with Crippen LogP contribution in [0, 0.1) is 6.92 Å². The van der Waals surface area contributed by atoms with Crippen LogP contribution in [0.2, 0.25) is 0 Å². The molecule has 2 N–H and O–H groups in total. The van der Waals surface area contributed by atoms with Crippen molar-refractivity contribution >= 4 is 33.3 Å². The Morgan fingerprint density at radius 3 is 2.54 bits per heavy atom. The van der Waals surface area contributed by atoms with Crippen LogP contribution in [0.5, 0.6) is 0 Å². The second-order valence-electron chi connectivity index (χ2n) is 5.54. The predicted molar refractivity (Wildman–Crippen MR) is 103 cm³/mol. The van der Waals surface area contributed by atoms with Crippen LogP contribution in [0.3, 0.4) is 0 Å². The summed E-state index contributed by atoms with van der Waals surface area (Å²) in [6.45, 7) is 2.89. The third-order valence-electron chi connectivity index (χ3n) is 3.66. The Morgan fingerprint density at radius 2 is 1.75 bits per heavy atom. The van der Waals surface area contributed by atoms with E-state index in [2.05, 4.69) is 73.8 Å². The van der Waals surface area contributed by atoms with Gasteiger partial charge in [-0.2, -0.15) is 0 Å². The van der Waals surface area contributed by atoms with Crippen molar-refractivity contribution in [1.82, 2.24) is 9.97 Å². The van der Waals surface area contributed by atoms with Gasteiger partial charge in [-0.15, -0.1) is 0 Å². The summed E-state index contributed by atoms with van der Waals surface area (Å²) in [5, 5.41) is 6.65. The highest BCUT2D eigenvalue weighted by molar-refractivity contribution is 9.10. The maximum atomic E-state index is 4.28. The molecule has 0 amide bonds. The zero-order chi connectivity index (χ0) is 16.8. The quantitative estimate of drug-likeness (QED) is 0.633. The molecule has 0 aliphatic heterocycles. The van der Waals surface area contributed by atoms with Crippen molar-refractivity contribution in [3.05, 3.63) is 76.5 Å². The Kier molecular flexibility index (Phi) is 5.43. The third-order valence-corrected chi connectivity index (χ3v) is 4.55. The van der Waals surface area contributed by atoms with Crippen molar-refractivity contribution in [2.45, 2.75) is 13.3 Å². The minimum absolute atomic E-state index is 0.772. The highest BCUT2D eigenvalue weighted by atomic mass is 79.9. The van der Waals surface area contributed by atoms with Crippen LogP contribution in [0.1, 0.15) is 11.1 Å². The minimum atomic E-state index is 0.772. The SMILES string of the molecule is Cc1cc(Nc2cc(NCCc3ccccc3)ncn2)ccc1Br. The van der Waals surface area contributed by atoms with E-state index in [1.807, 2.05) is 24.3 Å². The van der Waals surface area contributed by atoms with Gasteiger partial charge in [-0.05, 0) is 42.7 Å². The lowest BCUT2D eigenvalue weighted by atomic mass is 10.1. The van der Waals surface area contributed by atoms with Crippen LogP contribution in [-0.2, 0) is 6.42 Å². The van der Waals surface area contributed by atoms with Gasteiger partial charge in [0, 0.05) is 22.8 Å². The highest BCUT2D eigenvalue weighted by Gasteiger charge is 2.02. The molecule has 0 radical (unpaired) electrons. The van der Waals surface area contributed by atoms with Crippen LogP contribution in [-0.4, -0.2) is 16.5 Å². The van der Waals surface area contributed by atoms with Gasteiger partial charge in [-0.25, -0.2) is 9.97 Å². The van der Waals surface area contributed by atoms with E-state index in [4.69, 9.17) is 0 Å². The fourth-order valence-electron chi connectivity index (χ4n) is 2.37. The number of rotatable bonds is 6. The standard InChI is InChI=1S/C19H19BrN4/c1-14-11-16(7-8-17(14)20)24-19-12-18(22-13-23-19)21-10-9-15-5-3-2-4-6-15/h2-8,11-13H,9-10H2,1H3,(H2,21,22,23,24). The monoisotopic (exact) mass is 382 g/mol. The van der Waals surface area contributed by atoms with Crippen LogP contribution in [0.25, 0.3) is 0 Å². The molecular weight excluding hydrogens is 364 g/mol. The molecule has 0 bridgehead atoms. The second kappa shape index (κ2) is 7.93. The number of hydrogen-bond acceptors (Lipinski definition) is 4. The van der Waals surface area contributed by atoms with Crippen LogP contribution in [0.15, 0.2) is 65.4 Å². The Hall–Kier alpha value is -2.40. The highest BCUT2D eigenvalue weighted by Crippen LogP contribution is 2.22. The van der Waals surface area contributed by atoms with E-state index in [1.165, 1.54) is 11.1 Å². The smallest absolute Gasteiger partial charge is 0.135 e. The van der Waals surface area contributed by atoms with E-state index in [0.29, 0.717) is 0 Å². The summed E-state index contributed by atoms with van der Waals surface area (Å²) in [4.78, 5) is 8.55. The molecule has 4 nitrogen and oxygen atoms in total. The number of aromatic nitrogens is 2. The molecule has 0 atom stereocenters. The lowest BCUT2D eigenvalue weighted by molar-refractivity contribution is 1.000. The zero-order valence-electron chi connectivity index (χ0n) is 13.5.